The molecule has 0 aromatic rings. The number of aliphatic carboxylic acids is 1. The molecule has 114 valence electrons. The normalized spacial score (nSPS) is 27.2. The second kappa shape index (κ2) is 5.62. The number of hydrogen-bond donors (Lipinski definition) is 1. The summed E-state index contributed by atoms with van der Waals surface area (Å²) in [6.07, 6.45) is 3.52. The Labute approximate surface area is 120 Å². The van der Waals surface area contributed by atoms with Gasteiger partial charge in [-0.1, -0.05) is 0 Å². The Bertz CT molecular complexity index is 380. The van der Waals surface area contributed by atoms with Gasteiger partial charge in [-0.05, 0) is 58.3 Å². The number of piperidine rings is 1. The number of carbonyl (C=O) groups is 2. The highest BCUT2D eigenvalue weighted by molar-refractivity contribution is 5.73. The summed E-state index contributed by atoms with van der Waals surface area (Å²) in [6.45, 7) is 7.07. The molecule has 1 N–H and O–H groups in total. The molecule has 1 aliphatic carbocycles. The van der Waals surface area contributed by atoms with E-state index in [-0.39, 0.29) is 12.0 Å². The third-order valence-electron chi connectivity index (χ3n) is 4.14. The minimum atomic E-state index is -0.652. The molecular formula is C15H25NO4. The highest BCUT2D eigenvalue weighted by Crippen LogP contribution is 2.44. The molecule has 20 heavy (non-hydrogen) atoms. The molecule has 1 heterocycles. The first-order valence-corrected chi connectivity index (χ1v) is 7.47. The third kappa shape index (κ3) is 4.12. The molecule has 2 aliphatic rings. The highest BCUT2D eigenvalue weighted by Gasteiger charge is 2.44. The zero-order chi connectivity index (χ0) is 14.9. The van der Waals surface area contributed by atoms with Crippen molar-refractivity contribution in [3.05, 3.63) is 0 Å². The van der Waals surface area contributed by atoms with Gasteiger partial charge in [0.05, 0.1) is 5.92 Å². The topological polar surface area (TPSA) is 66.8 Å². The summed E-state index contributed by atoms with van der Waals surface area (Å²) < 4.78 is 5.36. The van der Waals surface area contributed by atoms with E-state index in [4.69, 9.17) is 9.84 Å². The zero-order valence-electron chi connectivity index (χ0n) is 12.6. The molecule has 0 unspecified atom stereocenters. The fourth-order valence-corrected chi connectivity index (χ4v) is 2.92. The van der Waals surface area contributed by atoms with Crippen LogP contribution in [0.5, 0.6) is 0 Å². The first-order valence-electron chi connectivity index (χ1n) is 7.47. The van der Waals surface area contributed by atoms with Crippen molar-refractivity contribution < 1.29 is 19.4 Å². The van der Waals surface area contributed by atoms with Gasteiger partial charge in [0.1, 0.15) is 5.60 Å². The predicted molar refractivity (Wildman–Crippen MR) is 74.4 cm³/mol. The Balaban J connectivity index is 1.70. The summed E-state index contributed by atoms with van der Waals surface area (Å²) in [7, 11) is 0. The average molecular weight is 283 g/mol. The van der Waals surface area contributed by atoms with E-state index in [1.165, 1.54) is 0 Å². The molecule has 1 saturated heterocycles. The van der Waals surface area contributed by atoms with Gasteiger partial charge in [-0.15, -0.1) is 0 Å². The van der Waals surface area contributed by atoms with Crippen LogP contribution in [0.3, 0.4) is 0 Å². The summed E-state index contributed by atoms with van der Waals surface area (Å²) >= 11 is 0. The monoisotopic (exact) mass is 283 g/mol. The number of hydrogen-bond acceptors (Lipinski definition) is 3. The lowest BCUT2D eigenvalue weighted by molar-refractivity contribution is -0.138. The number of nitrogens with zero attached hydrogens (tertiary/aromatic N) is 1. The minimum Gasteiger partial charge on any atom is -0.481 e. The Kier molecular flexibility index (Phi) is 4.25. The van der Waals surface area contributed by atoms with Gasteiger partial charge in [0, 0.05) is 13.1 Å². The van der Waals surface area contributed by atoms with E-state index < -0.39 is 11.6 Å². The van der Waals surface area contributed by atoms with Gasteiger partial charge in [-0.3, -0.25) is 4.79 Å². The smallest absolute Gasteiger partial charge is 0.410 e. The molecule has 1 aliphatic heterocycles. The zero-order valence-corrected chi connectivity index (χ0v) is 12.6. The van der Waals surface area contributed by atoms with Gasteiger partial charge in [-0.25, -0.2) is 4.79 Å². The van der Waals surface area contributed by atoms with Crippen LogP contribution in [-0.4, -0.2) is 40.8 Å². The summed E-state index contributed by atoms with van der Waals surface area (Å²) in [6, 6.07) is 0. The molecule has 0 spiro atoms. The van der Waals surface area contributed by atoms with Crippen LogP contribution in [0.1, 0.15) is 46.5 Å². The Morgan fingerprint density at radius 3 is 2.30 bits per heavy atom. The van der Waals surface area contributed by atoms with Gasteiger partial charge in [0.2, 0.25) is 0 Å². The van der Waals surface area contributed by atoms with Crippen LogP contribution in [0.25, 0.3) is 0 Å². The fraction of sp³-hybridized carbons (Fsp3) is 0.867. The van der Waals surface area contributed by atoms with E-state index in [9.17, 15) is 9.59 Å². The van der Waals surface area contributed by atoms with Crippen molar-refractivity contribution >= 4 is 12.1 Å². The second-order valence-corrected chi connectivity index (χ2v) is 7.09. The van der Waals surface area contributed by atoms with Crippen LogP contribution in [-0.2, 0) is 9.53 Å². The second-order valence-electron chi connectivity index (χ2n) is 7.09. The molecule has 1 amide bonds. The summed E-state index contributed by atoms with van der Waals surface area (Å²) in [5.74, 6) is 0.161. The van der Waals surface area contributed by atoms with Gasteiger partial charge >= 0.3 is 12.1 Å². The van der Waals surface area contributed by atoms with Crippen molar-refractivity contribution in [1.29, 1.82) is 0 Å². The SMILES string of the molecule is CC(C)(C)OC(=O)N1CCC(C[C@@H]2C[C@H]2C(=O)O)CC1. The van der Waals surface area contributed by atoms with Gasteiger partial charge in [-0.2, -0.15) is 0 Å². The predicted octanol–water partition coefficient (Wildman–Crippen LogP) is 2.74. The number of likely N-dealkylation sites (tertiary alicyclic amines) is 1. The number of carbonyl (C=O) groups excluding carboxylic acids is 1. The molecule has 0 bridgehead atoms. The molecule has 5 heteroatoms. The largest absolute Gasteiger partial charge is 0.481 e. The minimum absolute atomic E-state index is 0.112. The summed E-state index contributed by atoms with van der Waals surface area (Å²) in [4.78, 5) is 24.5. The van der Waals surface area contributed by atoms with Crippen LogP contribution in [0.2, 0.25) is 0 Å². The lowest BCUT2D eigenvalue weighted by atomic mass is 9.91. The molecule has 0 radical (unpaired) electrons. The average Bonchev–Trinajstić information content (AvgIpc) is 3.07. The van der Waals surface area contributed by atoms with Crippen LogP contribution in [0.4, 0.5) is 4.79 Å². The highest BCUT2D eigenvalue weighted by atomic mass is 16.6. The molecule has 2 rings (SSSR count). The number of carboxylic acids is 1. The standard InChI is InChI=1S/C15H25NO4/c1-15(2,3)20-14(19)16-6-4-10(5-7-16)8-11-9-12(11)13(17)18/h10-12H,4-9H2,1-3H3,(H,17,18)/t11-,12-/m1/s1. The maximum atomic E-state index is 11.9. The van der Waals surface area contributed by atoms with Crippen molar-refractivity contribution in [3.8, 4) is 0 Å². The molecule has 2 fully saturated rings. The van der Waals surface area contributed by atoms with Crippen LogP contribution in [0.15, 0.2) is 0 Å². The summed E-state index contributed by atoms with van der Waals surface area (Å²) in [5, 5.41) is 8.91. The van der Waals surface area contributed by atoms with E-state index in [0.29, 0.717) is 11.8 Å². The van der Waals surface area contributed by atoms with Crippen molar-refractivity contribution in [2.45, 2.75) is 52.1 Å². The number of amides is 1. The summed E-state index contributed by atoms with van der Waals surface area (Å²) in [5.41, 5.74) is -0.448. The first kappa shape index (κ1) is 15.1. The Morgan fingerprint density at radius 2 is 1.85 bits per heavy atom. The molecular weight excluding hydrogens is 258 g/mol. The molecule has 5 nitrogen and oxygen atoms in total. The van der Waals surface area contributed by atoms with E-state index in [1.807, 2.05) is 20.8 Å². The quantitative estimate of drug-likeness (QED) is 0.864. The van der Waals surface area contributed by atoms with Gasteiger partial charge in [0.15, 0.2) is 0 Å². The Hall–Kier alpha value is -1.26. The van der Waals surface area contributed by atoms with Crippen molar-refractivity contribution in [3.63, 3.8) is 0 Å². The fourth-order valence-electron chi connectivity index (χ4n) is 2.92. The van der Waals surface area contributed by atoms with Crippen molar-refractivity contribution in [1.82, 2.24) is 4.90 Å². The third-order valence-corrected chi connectivity index (χ3v) is 4.14. The van der Waals surface area contributed by atoms with E-state index >= 15 is 0 Å². The number of carboxylic acid groups (broad SMARTS) is 1. The molecule has 0 aromatic carbocycles. The lowest BCUT2D eigenvalue weighted by Gasteiger charge is -2.33. The van der Waals surface area contributed by atoms with Crippen LogP contribution in [0, 0.1) is 17.8 Å². The van der Waals surface area contributed by atoms with E-state index in [1.54, 1.807) is 4.90 Å². The van der Waals surface area contributed by atoms with Crippen LogP contribution < -0.4 is 0 Å². The van der Waals surface area contributed by atoms with Gasteiger partial charge in [0.25, 0.3) is 0 Å². The molecule has 0 aromatic heterocycles. The number of rotatable bonds is 3. The van der Waals surface area contributed by atoms with Crippen molar-refractivity contribution in [2.75, 3.05) is 13.1 Å². The van der Waals surface area contributed by atoms with Crippen molar-refractivity contribution in [2.24, 2.45) is 17.8 Å². The molecule has 2 atom stereocenters. The maximum Gasteiger partial charge on any atom is 0.410 e. The maximum absolute atomic E-state index is 11.9. The number of ether oxygens (including phenoxy) is 1. The van der Waals surface area contributed by atoms with E-state index in [0.717, 1.165) is 38.8 Å². The lowest BCUT2D eigenvalue weighted by Crippen LogP contribution is -2.41. The molecule has 1 saturated carbocycles. The van der Waals surface area contributed by atoms with Crippen LogP contribution >= 0.6 is 0 Å². The Morgan fingerprint density at radius 1 is 1.25 bits per heavy atom. The van der Waals surface area contributed by atoms with Gasteiger partial charge < -0.3 is 14.7 Å². The van der Waals surface area contributed by atoms with E-state index in [2.05, 4.69) is 0 Å². The first-order chi connectivity index (χ1) is 9.26.